The van der Waals surface area contributed by atoms with Gasteiger partial charge in [-0.05, 0) is 10.1 Å². The second kappa shape index (κ2) is 29.7. The molecule has 0 aliphatic carbocycles. The third-order valence-electron chi connectivity index (χ3n) is 0.0333. The van der Waals surface area contributed by atoms with Crippen LogP contribution in [-0.2, 0) is 10.1 Å². The fourth-order valence-corrected chi connectivity index (χ4v) is 0. The number of hydrogen-bond acceptors (Lipinski definition) is 4. The topological polar surface area (TPSA) is 58.9 Å². The fraction of sp³-hybridized carbons (Fsp3) is 0. The van der Waals surface area contributed by atoms with Crippen LogP contribution < -0.4 is 0 Å². The Balaban J connectivity index is -0.000000000682. The Morgan fingerprint density at radius 1 is 0.750 bits per heavy atom. The molecule has 8 heavy (non-hydrogen) atoms. The summed E-state index contributed by atoms with van der Waals surface area (Å²) in [5, 5.41) is 19.0. The van der Waals surface area contributed by atoms with Crippen LogP contribution in [0.2, 0.25) is 0 Å². The molecule has 0 saturated carbocycles. The van der Waals surface area contributed by atoms with Crippen molar-refractivity contribution in [2.75, 3.05) is 0 Å². The van der Waals surface area contributed by atoms with Crippen molar-refractivity contribution in [3.05, 3.63) is 0 Å². The minimum absolute atomic E-state index is 0. The van der Waals surface area contributed by atoms with E-state index in [-0.39, 0.29) is 162 Å². The first-order chi connectivity index (χ1) is 1.91. The molecular formula is H10Ca4O4. The zero-order chi connectivity index (χ0) is 3.41. The van der Waals surface area contributed by atoms with E-state index >= 15 is 0 Å². The van der Waals surface area contributed by atoms with Gasteiger partial charge >= 0.3 is 151 Å². The third kappa shape index (κ3) is 30.7. The van der Waals surface area contributed by atoms with Crippen LogP contribution in [0, 0.1) is 0 Å². The van der Waals surface area contributed by atoms with Gasteiger partial charge < -0.3 is 11.4 Å². The maximum absolute atomic E-state index is 6.90. The SMILES string of the molecule is OOOO.[Ca+2].[Ca+2].[Ca+2].[Ca+2].[H-].[H-].[H-].[H-].[H-].[H-].[H-].[H-]. The molecule has 0 radical (unpaired) electrons. The van der Waals surface area contributed by atoms with Gasteiger partial charge in [-0.25, -0.2) is 10.5 Å². The second-order valence-corrected chi connectivity index (χ2v) is 0.149. The fourth-order valence-electron chi connectivity index (χ4n) is 0. The normalized spacial score (nSPS) is 3.75. The summed E-state index contributed by atoms with van der Waals surface area (Å²) in [4.78, 5) is 0. The maximum Gasteiger partial charge on any atom is 2.00 e. The molecule has 0 aromatic rings. The molecule has 4 nitrogen and oxygen atoms in total. The smallest absolute Gasteiger partial charge is 1.00 e. The summed E-state index contributed by atoms with van der Waals surface area (Å²) in [6, 6.07) is 0. The molecule has 0 amide bonds. The van der Waals surface area contributed by atoms with Crippen LogP contribution in [-0.4, -0.2) is 161 Å². The van der Waals surface area contributed by atoms with Crippen LogP contribution in [0.4, 0.5) is 0 Å². The van der Waals surface area contributed by atoms with E-state index in [0.717, 1.165) is 0 Å². The van der Waals surface area contributed by atoms with E-state index < -0.39 is 0 Å². The maximum atomic E-state index is 6.90. The van der Waals surface area contributed by atoms with Gasteiger partial charge in [0.25, 0.3) is 0 Å². The average Bonchev–Trinajstić information content (AvgIpc) is 1.37. The molecule has 42 valence electrons. The van der Waals surface area contributed by atoms with Crippen molar-refractivity contribution in [1.82, 2.24) is 0 Å². The quantitative estimate of drug-likeness (QED) is 0.356. The van der Waals surface area contributed by atoms with Crippen molar-refractivity contribution in [3.63, 3.8) is 0 Å². The van der Waals surface area contributed by atoms with Crippen LogP contribution in [0.25, 0.3) is 0 Å². The summed E-state index contributed by atoms with van der Waals surface area (Å²) in [6.45, 7) is 0. The van der Waals surface area contributed by atoms with E-state index in [9.17, 15) is 0 Å². The molecule has 0 aromatic heterocycles. The van der Waals surface area contributed by atoms with Crippen molar-refractivity contribution < 1.29 is 32.0 Å². The Bertz CT molecular complexity index is 26.0. The van der Waals surface area contributed by atoms with Crippen LogP contribution in [0.15, 0.2) is 0 Å². The van der Waals surface area contributed by atoms with Crippen molar-refractivity contribution in [2.24, 2.45) is 0 Å². The van der Waals surface area contributed by atoms with E-state index in [1.807, 2.05) is 0 Å². The van der Waals surface area contributed by atoms with E-state index in [0.29, 0.717) is 0 Å². The standard InChI is InChI=1S/4Ca.H2O4.8H/c;;;;1-3-4-2;;;;;;;;/h;;;;1-2H;;;;;;;;/q4*+2;;8*-1. The van der Waals surface area contributed by atoms with Crippen molar-refractivity contribution >= 4 is 151 Å². The van der Waals surface area contributed by atoms with Crippen molar-refractivity contribution in [1.29, 1.82) is 0 Å². The summed E-state index contributed by atoms with van der Waals surface area (Å²) in [6.07, 6.45) is 0. The predicted octanol–water partition coefficient (Wildman–Crippen LogP) is -0.743. The first-order valence-corrected chi connectivity index (χ1v) is 0.532. The van der Waals surface area contributed by atoms with Gasteiger partial charge in [0.05, 0.1) is 0 Å². The molecule has 0 spiro atoms. The van der Waals surface area contributed by atoms with Gasteiger partial charge in [0.2, 0.25) is 0 Å². The van der Waals surface area contributed by atoms with Gasteiger partial charge in [-0.2, -0.15) is 0 Å². The first-order valence-electron chi connectivity index (χ1n) is 0.532. The molecule has 0 aliphatic rings. The molecule has 0 rings (SSSR count). The minimum Gasteiger partial charge on any atom is -1.00 e. The molecule has 0 fully saturated rings. The Morgan fingerprint density at radius 2 is 0.875 bits per heavy atom. The molecule has 8 heteroatoms. The molecular weight excluding hydrogens is 224 g/mol. The van der Waals surface area contributed by atoms with Crippen LogP contribution in [0.1, 0.15) is 11.4 Å². The minimum atomic E-state index is 0. The zero-order valence-electron chi connectivity index (χ0n) is 12.5. The first kappa shape index (κ1) is 29.3. The van der Waals surface area contributed by atoms with E-state index in [4.69, 9.17) is 10.5 Å². The van der Waals surface area contributed by atoms with E-state index in [2.05, 4.69) is 10.1 Å². The molecule has 0 atom stereocenters. The molecule has 2 N–H and O–H groups in total. The number of rotatable bonds is 1. The van der Waals surface area contributed by atoms with Crippen molar-refractivity contribution in [2.45, 2.75) is 0 Å². The average molecular weight is 234 g/mol. The zero-order valence-corrected chi connectivity index (χ0v) is 13.4. The molecule has 0 aromatic carbocycles. The summed E-state index contributed by atoms with van der Waals surface area (Å²) in [5.41, 5.74) is 0. The van der Waals surface area contributed by atoms with Gasteiger partial charge in [0.1, 0.15) is 0 Å². The van der Waals surface area contributed by atoms with Crippen LogP contribution >= 0.6 is 0 Å². The van der Waals surface area contributed by atoms with Crippen LogP contribution in [0.3, 0.4) is 0 Å². The summed E-state index contributed by atoms with van der Waals surface area (Å²) < 4.78 is 0. The Hall–Kier alpha value is 4.88. The summed E-state index contributed by atoms with van der Waals surface area (Å²) in [7, 11) is 0. The third-order valence-corrected chi connectivity index (χ3v) is 0.0333. The molecule has 0 unspecified atom stereocenters. The van der Waals surface area contributed by atoms with Gasteiger partial charge in [-0.1, -0.05) is 0 Å². The molecule has 0 saturated heterocycles. The molecule has 0 heterocycles. The van der Waals surface area contributed by atoms with Crippen molar-refractivity contribution in [3.8, 4) is 0 Å². The van der Waals surface area contributed by atoms with Gasteiger partial charge in [0.15, 0.2) is 0 Å². The summed E-state index contributed by atoms with van der Waals surface area (Å²) >= 11 is 0. The van der Waals surface area contributed by atoms with Gasteiger partial charge in [-0.3, -0.25) is 0 Å². The van der Waals surface area contributed by atoms with Crippen LogP contribution in [0.5, 0.6) is 0 Å². The van der Waals surface area contributed by atoms with Gasteiger partial charge in [-0.15, -0.1) is 0 Å². The second-order valence-electron chi connectivity index (χ2n) is 0.149. The van der Waals surface area contributed by atoms with Gasteiger partial charge in [0, 0.05) is 0 Å². The van der Waals surface area contributed by atoms with E-state index in [1.165, 1.54) is 0 Å². The Kier molecular flexibility index (Phi) is 109. The largest absolute Gasteiger partial charge is 2.00 e. The Labute approximate surface area is 178 Å². The molecule has 0 bridgehead atoms. The Morgan fingerprint density at radius 3 is 0.875 bits per heavy atom. The molecule has 0 aliphatic heterocycles. The number of hydrogen-bond donors (Lipinski definition) is 2. The summed E-state index contributed by atoms with van der Waals surface area (Å²) in [5.74, 6) is 0. The predicted molar refractivity (Wildman–Crippen MR) is 39.3 cm³/mol. The van der Waals surface area contributed by atoms with E-state index in [1.54, 1.807) is 0 Å². The monoisotopic (exact) mass is 234 g/mol.